The van der Waals surface area contributed by atoms with Crippen molar-refractivity contribution in [2.45, 2.75) is 6.18 Å². The first-order chi connectivity index (χ1) is 13.1. The third-order valence-electron chi connectivity index (χ3n) is 3.89. The Labute approximate surface area is 169 Å². The standard InChI is InChI=1S/C18H9BrClF3N2O3/c19-14-9-15(10-1-5-12(20)6-2-10)24(16(14)18(21,22)23)17(26)11-3-7-13(8-4-11)25(27)28/h1-9H. The molecule has 10 heteroatoms. The molecule has 0 N–H and O–H groups in total. The minimum absolute atomic E-state index is 0.000723. The van der Waals surface area contributed by atoms with E-state index >= 15 is 0 Å². The molecule has 3 aromatic rings. The maximum absolute atomic E-state index is 13.6. The summed E-state index contributed by atoms with van der Waals surface area (Å²) in [6.45, 7) is 0. The molecule has 0 unspecified atom stereocenters. The van der Waals surface area contributed by atoms with Gasteiger partial charge in [0.2, 0.25) is 0 Å². The Kier molecular flexibility index (Phi) is 5.31. The van der Waals surface area contributed by atoms with Crippen molar-refractivity contribution < 1.29 is 22.9 Å². The van der Waals surface area contributed by atoms with Crippen LogP contribution in [0.25, 0.3) is 11.3 Å². The van der Waals surface area contributed by atoms with Crippen molar-refractivity contribution in [3.63, 3.8) is 0 Å². The van der Waals surface area contributed by atoms with Crippen molar-refractivity contribution >= 4 is 39.1 Å². The third kappa shape index (κ3) is 3.81. The number of hydrogen-bond acceptors (Lipinski definition) is 3. The fourth-order valence-electron chi connectivity index (χ4n) is 2.64. The van der Waals surface area contributed by atoms with Gasteiger partial charge in [-0.3, -0.25) is 19.5 Å². The Balaban J connectivity index is 2.20. The van der Waals surface area contributed by atoms with Crippen LogP contribution in [0.2, 0.25) is 5.02 Å². The second kappa shape index (κ2) is 7.40. The first kappa shape index (κ1) is 20.1. The first-order valence-electron chi connectivity index (χ1n) is 7.63. The van der Waals surface area contributed by atoms with Crippen molar-refractivity contribution in [2.75, 3.05) is 0 Å². The van der Waals surface area contributed by atoms with E-state index in [4.69, 9.17) is 11.6 Å². The summed E-state index contributed by atoms with van der Waals surface area (Å²) in [6.07, 6.45) is -4.82. The molecule has 0 aliphatic carbocycles. The van der Waals surface area contributed by atoms with Gasteiger partial charge >= 0.3 is 6.18 Å². The van der Waals surface area contributed by atoms with E-state index in [2.05, 4.69) is 15.9 Å². The molecule has 1 heterocycles. The van der Waals surface area contributed by atoms with Gasteiger partial charge in [0.25, 0.3) is 11.6 Å². The van der Waals surface area contributed by atoms with Crippen molar-refractivity contribution in [3.8, 4) is 11.3 Å². The fraction of sp³-hybridized carbons (Fsp3) is 0.0556. The molecular formula is C18H9BrClF3N2O3. The summed E-state index contributed by atoms with van der Waals surface area (Å²) in [6, 6.07) is 11.5. The summed E-state index contributed by atoms with van der Waals surface area (Å²) in [5, 5.41) is 11.1. The smallest absolute Gasteiger partial charge is 0.270 e. The molecule has 0 amide bonds. The number of aromatic nitrogens is 1. The number of rotatable bonds is 3. The topological polar surface area (TPSA) is 65.1 Å². The number of carbonyl (C=O) groups excluding carboxylic acids is 1. The average molecular weight is 474 g/mol. The Morgan fingerprint density at radius 2 is 1.64 bits per heavy atom. The van der Waals surface area contributed by atoms with Gasteiger partial charge in [-0.05, 0) is 51.8 Å². The Morgan fingerprint density at radius 1 is 1.07 bits per heavy atom. The number of hydrogen-bond donors (Lipinski definition) is 0. The predicted octanol–water partition coefficient (Wildman–Crippen LogP) is 6.19. The van der Waals surface area contributed by atoms with E-state index in [-0.39, 0.29) is 21.4 Å². The predicted molar refractivity (Wildman–Crippen MR) is 100 cm³/mol. The van der Waals surface area contributed by atoms with Gasteiger partial charge < -0.3 is 0 Å². The van der Waals surface area contributed by atoms with Crippen LogP contribution >= 0.6 is 27.5 Å². The maximum atomic E-state index is 13.6. The quantitative estimate of drug-likeness (QED) is 0.337. The van der Waals surface area contributed by atoms with Gasteiger partial charge in [-0.1, -0.05) is 23.7 Å². The number of alkyl halides is 3. The van der Waals surface area contributed by atoms with Gasteiger partial charge in [0, 0.05) is 27.2 Å². The zero-order valence-corrected chi connectivity index (χ0v) is 16.0. The fourth-order valence-corrected chi connectivity index (χ4v) is 3.39. The lowest BCUT2D eigenvalue weighted by atomic mass is 10.1. The molecule has 2 aromatic carbocycles. The number of halogens is 5. The largest absolute Gasteiger partial charge is 0.432 e. The Bertz CT molecular complexity index is 1060. The van der Waals surface area contributed by atoms with Gasteiger partial charge in [0.15, 0.2) is 0 Å². The van der Waals surface area contributed by atoms with E-state index in [1.54, 1.807) is 0 Å². The SMILES string of the molecule is O=C(c1ccc([N+](=O)[O-])cc1)n1c(-c2ccc(Cl)cc2)cc(Br)c1C(F)(F)F. The molecule has 0 saturated heterocycles. The normalized spacial score (nSPS) is 11.5. The summed E-state index contributed by atoms with van der Waals surface area (Å²) >= 11 is 8.71. The van der Waals surface area contributed by atoms with Crippen molar-refractivity contribution in [3.05, 3.63) is 85.5 Å². The molecule has 28 heavy (non-hydrogen) atoms. The van der Waals surface area contributed by atoms with Crippen LogP contribution in [-0.2, 0) is 6.18 Å². The van der Waals surface area contributed by atoms with Gasteiger partial charge in [-0.15, -0.1) is 0 Å². The molecule has 0 aliphatic rings. The molecule has 0 atom stereocenters. The average Bonchev–Trinajstić information content (AvgIpc) is 2.99. The molecule has 0 bridgehead atoms. The highest BCUT2D eigenvalue weighted by Crippen LogP contribution is 2.40. The van der Waals surface area contributed by atoms with E-state index in [1.165, 1.54) is 30.3 Å². The lowest BCUT2D eigenvalue weighted by molar-refractivity contribution is -0.384. The zero-order chi connectivity index (χ0) is 20.6. The highest BCUT2D eigenvalue weighted by Gasteiger charge is 2.40. The third-order valence-corrected chi connectivity index (χ3v) is 4.75. The lowest BCUT2D eigenvalue weighted by Crippen LogP contribution is -2.22. The molecule has 3 rings (SSSR count). The number of non-ortho nitro benzene ring substituents is 1. The summed E-state index contributed by atoms with van der Waals surface area (Å²) < 4.78 is 41.1. The van der Waals surface area contributed by atoms with Crippen LogP contribution in [0.4, 0.5) is 18.9 Å². The number of nitrogens with zero attached hydrogens (tertiary/aromatic N) is 2. The van der Waals surface area contributed by atoms with E-state index in [9.17, 15) is 28.1 Å². The van der Waals surface area contributed by atoms with Crippen molar-refractivity contribution in [1.82, 2.24) is 4.57 Å². The maximum Gasteiger partial charge on any atom is 0.432 e. The first-order valence-corrected chi connectivity index (χ1v) is 8.80. The molecule has 0 spiro atoms. The van der Waals surface area contributed by atoms with Gasteiger partial charge in [0.05, 0.1) is 10.6 Å². The minimum Gasteiger partial charge on any atom is -0.270 e. The van der Waals surface area contributed by atoms with Crippen molar-refractivity contribution in [2.24, 2.45) is 0 Å². The highest BCUT2D eigenvalue weighted by atomic mass is 79.9. The molecule has 5 nitrogen and oxygen atoms in total. The van der Waals surface area contributed by atoms with E-state index < -0.39 is 22.7 Å². The Morgan fingerprint density at radius 3 is 2.14 bits per heavy atom. The van der Waals surface area contributed by atoms with E-state index in [1.807, 2.05) is 0 Å². The monoisotopic (exact) mass is 472 g/mol. The van der Waals surface area contributed by atoms with Gasteiger partial charge in [-0.25, -0.2) is 0 Å². The number of carbonyl (C=O) groups is 1. The van der Waals surface area contributed by atoms with Crippen LogP contribution in [0.1, 0.15) is 16.1 Å². The van der Waals surface area contributed by atoms with Crippen LogP contribution in [0.3, 0.4) is 0 Å². The van der Waals surface area contributed by atoms with Crippen LogP contribution in [0.5, 0.6) is 0 Å². The Hall–Kier alpha value is -2.65. The summed E-state index contributed by atoms with van der Waals surface area (Å²) in [5.41, 5.74) is -1.25. The minimum atomic E-state index is -4.82. The number of nitro groups is 1. The molecule has 0 saturated carbocycles. The van der Waals surface area contributed by atoms with Crippen molar-refractivity contribution in [1.29, 1.82) is 0 Å². The van der Waals surface area contributed by atoms with Crippen LogP contribution in [0, 0.1) is 10.1 Å². The van der Waals surface area contributed by atoms with Crippen LogP contribution < -0.4 is 0 Å². The zero-order valence-electron chi connectivity index (χ0n) is 13.7. The summed E-state index contributed by atoms with van der Waals surface area (Å²) in [4.78, 5) is 23.0. The molecule has 0 aliphatic heterocycles. The van der Waals surface area contributed by atoms with Crippen LogP contribution in [-0.4, -0.2) is 15.4 Å². The molecule has 0 fully saturated rings. The molecular weight excluding hydrogens is 465 g/mol. The highest BCUT2D eigenvalue weighted by molar-refractivity contribution is 9.10. The second-order valence-electron chi connectivity index (χ2n) is 5.68. The second-order valence-corrected chi connectivity index (χ2v) is 6.97. The number of nitro benzene ring substituents is 1. The molecule has 144 valence electrons. The van der Waals surface area contributed by atoms with Crippen LogP contribution in [0.15, 0.2) is 59.1 Å². The summed E-state index contributed by atoms with van der Waals surface area (Å²) in [5.74, 6) is -0.974. The molecule has 0 radical (unpaired) electrons. The number of benzene rings is 2. The van der Waals surface area contributed by atoms with E-state index in [0.717, 1.165) is 24.3 Å². The lowest BCUT2D eigenvalue weighted by Gasteiger charge is -2.15. The van der Waals surface area contributed by atoms with Gasteiger partial charge in [-0.2, -0.15) is 13.2 Å². The van der Waals surface area contributed by atoms with Gasteiger partial charge in [0.1, 0.15) is 5.69 Å². The van der Waals surface area contributed by atoms with E-state index in [0.29, 0.717) is 15.2 Å². The molecule has 1 aromatic heterocycles. The summed E-state index contributed by atoms with van der Waals surface area (Å²) in [7, 11) is 0.